The molecule has 2 atom stereocenters. The van der Waals surface area contributed by atoms with Crippen LogP contribution < -0.4 is 5.73 Å². The fourth-order valence-electron chi connectivity index (χ4n) is 3.19. The van der Waals surface area contributed by atoms with Crippen LogP contribution >= 0.6 is 11.8 Å². The first-order chi connectivity index (χ1) is 8.74. The van der Waals surface area contributed by atoms with Crippen molar-refractivity contribution in [3.63, 3.8) is 0 Å². The molecule has 100 valence electrons. The van der Waals surface area contributed by atoms with Gasteiger partial charge in [0.15, 0.2) is 0 Å². The molecule has 1 fully saturated rings. The Bertz CT molecular complexity index is 351. The van der Waals surface area contributed by atoms with Gasteiger partial charge < -0.3 is 5.73 Å². The molecule has 1 aliphatic carbocycles. The Morgan fingerprint density at radius 2 is 2.11 bits per heavy atom. The maximum absolute atomic E-state index is 6.07. The molecule has 0 heterocycles. The van der Waals surface area contributed by atoms with Crippen molar-refractivity contribution < 1.29 is 0 Å². The summed E-state index contributed by atoms with van der Waals surface area (Å²) in [6, 6.07) is 10.7. The molecule has 0 amide bonds. The summed E-state index contributed by atoms with van der Waals surface area (Å²) >= 11 is 1.97. The van der Waals surface area contributed by atoms with Gasteiger partial charge in [-0.15, -0.1) is 11.8 Å². The number of thioether (sulfide) groups is 1. The standard InChI is InChI=1S/C16H25NS/c1-14-6-5-9-16(12-14,13-17)10-11-18-15-7-3-2-4-8-15/h2-4,7-8,14H,5-6,9-13,17H2,1H3. The van der Waals surface area contributed by atoms with Crippen LogP contribution in [0.1, 0.15) is 39.0 Å². The molecule has 2 N–H and O–H groups in total. The normalized spacial score (nSPS) is 28.2. The van der Waals surface area contributed by atoms with Crippen molar-refractivity contribution in [2.75, 3.05) is 12.3 Å². The van der Waals surface area contributed by atoms with E-state index in [9.17, 15) is 0 Å². The third-order valence-electron chi connectivity index (χ3n) is 4.26. The lowest BCUT2D eigenvalue weighted by atomic mass is 9.68. The highest BCUT2D eigenvalue weighted by Crippen LogP contribution is 2.42. The van der Waals surface area contributed by atoms with Gasteiger partial charge in [0.1, 0.15) is 0 Å². The van der Waals surface area contributed by atoms with Crippen molar-refractivity contribution in [3.05, 3.63) is 30.3 Å². The van der Waals surface area contributed by atoms with Gasteiger partial charge in [0.2, 0.25) is 0 Å². The van der Waals surface area contributed by atoms with Gasteiger partial charge in [-0.05, 0) is 55.0 Å². The highest BCUT2D eigenvalue weighted by Gasteiger charge is 2.33. The number of nitrogens with two attached hydrogens (primary N) is 1. The summed E-state index contributed by atoms with van der Waals surface area (Å²) in [4.78, 5) is 1.38. The minimum Gasteiger partial charge on any atom is -0.330 e. The predicted octanol–water partition coefficient (Wildman–Crippen LogP) is 4.32. The van der Waals surface area contributed by atoms with Gasteiger partial charge in [-0.1, -0.05) is 38.0 Å². The number of hydrogen-bond donors (Lipinski definition) is 1. The quantitative estimate of drug-likeness (QED) is 0.800. The van der Waals surface area contributed by atoms with Crippen LogP contribution in [0.4, 0.5) is 0 Å². The second kappa shape index (κ2) is 6.63. The molecule has 2 unspecified atom stereocenters. The molecule has 0 radical (unpaired) electrons. The highest BCUT2D eigenvalue weighted by molar-refractivity contribution is 7.99. The maximum Gasteiger partial charge on any atom is 0.00719 e. The molecule has 18 heavy (non-hydrogen) atoms. The average molecular weight is 263 g/mol. The third kappa shape index (κ3) is 3.76. The first-order valence-electron chi connectivity index (χ1n) is 7.12. The smallest absolute Gasteiger partial charge is 0.00719 e. The summed E-state index contributed by atoms with van der Waals surface area (Å²) < 4.78 is 0. The zero-order valence-corrected chi connectivity index (χ0v) is 12.2. The Labute approximate surface area is 116 Å². The van der Waals surface area contributed by atoms with E-state index in [-0.39, 0.29) is 0 Å². The van der Waals surface area contributed by atoms with E-state index in [1.54, 1.807) is 0 Å². The van der Waals surface area contributed by atoms with Crippen LogP contribution in [-0.2, 0) is 0 Å². The third-order valence-corrected chi connectivity index (χ3v) is 5.28. The average Bonchev–Trinajstić information content (AvgIpc) is 2.40. The number of rotatable bonds is 5. The van der Waals surface area contributed by atoms with Crippen LogP contribution in [0, 0.1) is 11.3 Å². The van der Waals surface area contributed by atoms with E-state index in [1.807, 2.05) is 11.8 Å². The van der Waals surface area contributed by atoms with E-state index in [1.165, 1.54) is 42.8 Å². The first kappa shape index (κ1) is 14.0. The lowest BCUT2D eigenvalue weighted by Gasteiger charge is -2.39. The minimum absolute atomic E-state index is 0.430. The Kier molecular flexibility index (Phi) is 5.13. The Morgan fingerprint density at radius 3 is 2.78 bits per heavy atom. The van der Waals surface area contributed by atoms with Crippen molar-refractivity contribution >= 4 is 11.8 Å². The molecule has 1 aliphatic rings. The molecular formula is C16H25NS. The van der Waals surface area contributed by atoms with Crippen molar-refractivity contribution in [3.8, 4) is 0 Å². The van der Waals surface area contributed by atoms with E-state index in [0.29, 0.717) is 5.41 Å². The summed E-state index contributed by atoms with van der Waals surface area (Å²) in [6.07, 6.45) is 6.71. The number of benzene rings is 1. The van der Waals surface area contributed by atoms with Crippen LogP contribution in [-0.4, -0.2) is 12.3 Å². The van der Waals surface area contributed by atoms with Crippen LogP contribution in [0.25, 0.3) is 0 Å². The van der Waals surface area contributed by atoms with Crippen LogP contribution in [0.3, 0.4) is 0 Å². The summed E-state index contributed by atoms with van der Waals surface area (Å²) in [5.74, 6) is 2.07. The van der Waals surface area contributed by atoms with Crippen LogP contribution in [0.2, 0.25) is 0 Å². The molecule has 2 rings (SSSR count). The number of hydrogen-bond acceptors (Lipinski definition) is 2. The van der Waals surface area contributed by atoms with Gasteiger partial charge in [-0.25, -0.2) is 0 Å². The van der Waals surface area contributed by atoms with Gasteiger partial charge in [-0.2, -0.15) is 0 Å². The van der Waals surface area contributed by atoms with E-state index >= 15 is 0 Å². The van der Waals surface area contributed by atoms with Crippen molar-refractivity contribution in [1.82, 2.24) is 0 Å². The molecule has 1 aromatic rings. The fraction of sp³-hybridized carbons (Fsp3) is 0.625. The Hall–Kier alpha value is -0.470. The van der Waals surface area contributed by atoms with Crippen LogP contribution in [0.5, 0.6) is 0 Å². The second-order valence-corrected chi connectivity index (χ2v) is 6.99. The predicted molar refractivity (Wildman–Crippen MR) is 80.9 cm³/mol. The van der Waals surface area contributed by atoms with Gasteiger partial charge in [0, 0.05) is 4.90 Å². The molecule has 0 aromatic heterocycles. The second-order valence-electron chi connectivity index (χ2n) is 5.82. The van der Waals surface area contributed by atoms with Gasteiger partial charge in [0.05, 0.1) is 0 Å². The molecule has 0 spiro atoms. The summed E-state index contributed by atoms with van der Waals surface area (Å²) in [7, 11) is 0. The van der Waals surface area contributed by atoms with Crippen molar-refractivity contribution in [2.45, 2.75) is 43.9 Å². The van der Waals surface area contributed by atoms with E-state index in [2.05, 4.69) is 37.3 Å². The SMILES string of the molecule is CC1CCCC(CN)(CCSc2ccccc2)C1. The Morgan fingerprint density at radius 1 is 1.33 bits per heavy atom. The van der Waals surface area contributed by atoms with Gasteiger partial charge in [0.25, 0.3) is 0 Å². The monoisotopic (exact) mass is 263 g/mol. The van der Waals surface area contributed by atoms with Gasteiger partial charge in [-0.3, -0.25) is 0 Å². The summed E-state index contributed by atoms with van der Waals surface area (Å²) in [5.41, 5.74) is 6.50. The van der Waals surface area contributed by atoms with Crippen molar-refractivity contribution in [2.24, 2.45) is 17.1 Å². The lowest BCUT2D eigenvalue weighted by Crippen LogP contribution is -2.35. The lowest BCUT2D eigenvalue weighted by molar-refractivity contribution is 0.150. The first-order valence-corrected chi connectivity index (χ1v) is 8.11. The molecule has 0 bridgehead atoms. The highest BCUT2D eigenvalue weighted by atomic mass is 32.2. The molecule has 1 saturated carbocycles. The molecule has 1 aromatic carbocycles. The summed E-state index contributed by atoms with van der Waals surface area (Å²) in [6.45, 7) is 3.25. The minimum atomic E-state index is 0.430. The largest absolute Gasteiger partial charge is 0.330 e. The van der Waals surface area contributed by atoms with Crippen LogP contribution in [0.15, 0.2) is 35.2 Å². The maximum atomic E-state index is 6.07. The molecule has 0 aliphatic heterocycles. The zero-order valence-electron chi connectivity index (χ0n) is 11.4. The zero-order chi connectivity index (χ0) is 12.8. The van der Waals surface area contributed by atoms with Gasteiger partial charge >= 0.3 is 0 Å². The van der Waals surface area contributed by atoms with E-state index < -0.39 is 0 Å². The molecular weight excluding hydrogens is 238 g/mol. The van der Waals surface area contributed by atoms with E-state index in [0.717, 1.165) is 12.5 Å². The molecule has 1 nitrogen and oxygen atoms in total. The topological polar surface area (TPSA) is 26.0 Å². The molecule has 2 heteroatoms. The Balaban J connectivity index is 1.83. The van der Waals surface area contributed by atoms with Crippen molar-refractivity contribution in [1.29, 1.82) is 0 Å². The fourth-order valence-corrected chi connectivity index (χ4v) is 4.31. The van der Waals surface area contributed by atoms with E-state index in [4.69, 9.17) is 5.73 Å². The summed E-state index contributed by atoms with van der Waals surface area (Å²) in [5, 5.41) is 0. The molecule has 0 saturated heterocycles.